The molecule has 1 unspecified atom stereocenters. The minimum absolute atomic E-state index is 0.0128. The smallest absolute Gasteiger partial charge is 0.315 e. The van der Waals surface area contributed by atoms with Gasteiger partial charge in [0.15, 0.2) is 11.6 Å². The van der Waals surface area contributed by atoms with Crippen molar-refractivity contribution in [3.05, 3.63) is 59.8 Å². The molecule has 0 aliphatic heterocycles. The van der Waals surface area contributed by atoms with Gasteiger partial charge < -0.3 is 15.2 Å². The minimum atomic E-state index is -0.358. The molecule has 11 heteroatoms. The first-order valence-electron chi connectivity index (χ1n) is 12.0. The van der Waals surface area contributed by atoms with Crippen molar-refractivity contribution in [1.82, 2.24) is 40.2 Å². The monoisotopic (exact) mass is 487 g/mol. The highest BCUT2D eigenvalue weighted by molar-refractivity contribution is 5.89. The molecule has 11 nitrogen and oxygen atoms in total. The summed E-state index contributed by atoms with van der Waals surface area (Å²) >= 11 is 0. The van der Waals surface area contributed by atoms with Gasteiger partial charge in [0.05, 0.1) is 17.9 Å². The number of anilines is 2. The number of aromatic nitrogens is 7. The van der Waals surface area contributed by atoms with Gasteiger partial charge in [0.25, 0.3) is 0 Å². The van der Waals surface area contributed by atoms with Crippen molar-refractivity contribution in [2.24, 2.45) is 7.05 Å². The first-order valence-corrected chi connectivity index (χ1v) is 12.0. The Balaban J connectivity index is 1.36. The predicted molar refractivity (Wildman–Crippen MR) is 133 cm³/mol. The topological polar surface area (TPSA) is 137 Å². The number of benzene rings is 1. The molecule has 0 radical (unpaired) electrons. The van der Waals surface area contributed by atoms with Crippen molar-refractivity contribution in [2.75, 3.05) is 5.32 Å². The van der Waals surface area contributed by atoms with Crippen LogP contribution in [0.4, 0.5) is 11.6 Å². The molecule has 3 aromatic heterocycles. The van der Waals surface area contributed by atoms with Gasteiger partial charge >= 0.3 is 11.8 Å². The molecule has 0 spiro atoms. The molecule has 5 rings (SSSR count). The molecule has 0 saturated carbocycles. The normalized spacial score (nSPS) is 15.7. The summed E-state index contributed by atoms with van der Waals surface area (Å²) in [6.45, 7) is 5.93. The van der Waals surface area contributed by atoms with Crippen molar-refractivity contribution in [2.45, 2.75) is 57.9 Å². The summed E-state index contributed by atoms with van der Waals surface area (Å²) in [4.78, 5) is 30.4. The van der Waals surface area contributed by atoms with Gasteiger partial charge in [-0.1, -0.05) is 44.5 Å². The summed E-state index contributed by atoms with van der Waals surface area (Å²) < 4.78 is 6.94. The molecular weight excluding hydrogens is 458 g/mol. The quantitative estimate of drug-likeness (QED) is 0.402. The average Bonchev–Trinajstić information content (AvgIpc) is 3.46. The number of carbonyl (C=O) groups is 1. The van der Waals surface area contributed by atoms with Gasteiger partial charge in [-0.3, -0.25) is 9.48 Å². The predicted octanol–water partition coefficient (Wildman–Crippen LogP) is 3.89. The second kappa shape index (κ2) is 9.48. The fourth-order valence-corrected chi connectivity index (χ4v) is 4.22. The van der Waals surface area contributed by atoms with Crippen molar-refractivity contribution in [3.8, 4) is 11.4 Å². The molecule has 3 heterocycles. The number of fused-ring (bicyclic) bond motifs is 1. The summed E-state index contributed by atoms with van der Waals surface area (Å²) in [5, 5.41) is 14.4. The second-order valence-electron chi connectivity index (χ2n) is 10.0. The van der Waals surface area contributed by atoms with E-state index in [9.17, 15) is 4.79 Å². The Hall–Kier alpha value is -4.15. The number of nitrogens with one attached hydrogen (secondary N) is 2. The van der Waals surface area contributed by atoms with Crippen molar-refractivity contribution in [1.29, 1.82) is 0 Å². The zero-order valence-corrected chi connectivity index (χ0v) is 20.8. The SMILES string of the molecule is Cn1cc(Nc2ncnc(-c3ccc4c(c3)CCCCC4NC(=O)c3nc(C(C)(C)C)no3)n2)cn1. The third-order valence-corrected chi connectivity index (χ3v) is 6.09. The lowest BCUT2D eigenvalue weighted by molar-refractivity contribution is 0.0890. The minimum Gasteiger partial charge on any atom is -0.341 e. The highest BCUT2D eigenvalue weighted by Gasteiger charge is 2.27. The van der Waals surface area contributed by atoms with E-state index < -0.39 is 0 Å². The number of carbonyl (C=O) groups excluding carboxylic acids is 1. The molecule has 1 aliphatic rings. The molecule has 0 saturated heterocycles. The van der Waals surface area contributed by atoms with E-state index in [2.05, 4.69) is 46.9 Å². The maximum absolute atomic E-state index is 12.9. The third kappa shape index (κ3) is 5.09. The molecule has 186 valence electrons. The Bertz CT molecular complexity index is 1390. The van der Waals surface area contributed by atoms with Crippen molar-refractivity contribution >= 4 is 17.5 Å². The van der Waals surface area contributed by atoms with E-state index in [0.29, 0.717) is 17.6 Å². The first-order chi connectivity index (χ1) is 17.3. The van der Waals surface area contributed by atoms with Crippen LogP contribution in [0.2, 0.25) is 0 Å². The van der Waals surface area contributed by atoms with Crippen LogP contribution in [0.25, 0.3) is 11.4 Å². The van der Waals surface area contributed by atoms with Crippen LogP contribution in [-0.2, 0) is 18.9 Å². The summed E-state index contributed by atoms with van der Waals surface area (Å²) in [5.41, 5.74) is 3.65. The van der Waals surface area contributed by atoms with Gasteiger partial charge in [-0.25, -0.2) is 9.97 Å². The van der Waals surface area contributed by atoms with E-state index >= 15 is 0 Å². The van der Waals surface area contributed by atoms with E-state index in [1.807, 2.05) is 46.1 Å². The Labute approximate surface area is 208 Å². The van der Waals surface area contributed by atoms with Crippen LogP contribution in [-0.4, -0.2) is 40.8 Å². The van der Waals surface area contributed by atoms with Gasteiger partial charge in [-0.05, 0) is 36.5 Å². The zero-order valence-electron chi connectivity index (χ0n) is 20.8. The largest absolute Gasteiger partial charge is 0.341 e. The number of amides is 1. The van der Waals surface area contributed by atoms with Crippen LogP contribution in [0.15, 0.2) is 41.4 Å². The fraction of sp³-hybridized carbons (Fsp3) is 0.400. The van der Waals surface area contributed by atoms with Gasteiger partial charge in [0.2, 0.25) is 5.95 Å². The number of nitrogens with zero attached hydrogens (tertiary/aromatic N) is 7. The summed E-state index contributed by atoms with van der Waals surface area (Å²) in [5.74, 6) is 1.16. The standard InChI is InChI=1S/C25H29N9O2/c1-25(2,3)23-32-22(36-33-23)21(35)30-19-8-6-5-7-15-11-16(9-10-18(15)19)20-26-14-27-24(31-20)29-17-12-28-34(4)13-17/h9-14,19H,5-8H2,1-4H3,(H,30,35)(H,26,27,29,31). The highest BCUT2D eigenvalue weighted by atomic mass is 16.5. The zero-order chi connectivity index (χ0) is 25.3. The number of hydrogen-bond acceptors (Lipinski definition) is 9. The van der Waals surface area contributed by atoms with Crippen LogP contribution < -0.4 is 10.6 Å². The number of aryl methyl sites for hydroxylation is 2. The van der Waals surface area contributed by atoms with Gasteiger partial charge in [-0.2, -0.15) is 15.1 Å². The lowest BCUT2D eigenvalue weighted by Gasteiger charge is -2.19. The Morgan fingerprint density at radius 2 is 2.03 bits per heavy atom. The van der Waals surface area contributed by atoms with Gasteiger partial charge in [0, 0.05) is 24.2 Å². The molecule has 0 fully saturated rings. The van der Waals surface area contributed by atoms with E-state index in [-0.39, 0.29) is 23.3 Å². The summed E-state index contributed by atoms with van der Waals surface area (Å²) in [6, 6.07) is 5.99. The third-order valence-electron chi connectivity index (χ3n) is 6.09. The molecule has 1 atom stereocenters. The van der Waals surface area contributed by atoms with Gasteiger partial charge in [-0.15, -0.1) is 0 Å². The van der Waals surface area contributed by atoms with E-state index in [1.54, 1.807) is 10.9 Å². The Kier molecular flexibility index (Phi) is 6.21. The van der Waals surface area contributed by atoms with Crippen molar-refractivity contribution < 1.29 is 9.32 Å². The number of hydrogen-bond donors (Lipinski definition) is 2. The van der Waals surface area contributed by atoms with Crippen LogP contribution in [0, 0.1) is 0 Å². The molecule has 36 heavy (non-hydrogen) atoms. The molecular formula is C25H29N9O2. The summed E-state index contributed by atoms with van der Waals surface area (Å²) in [6.07, 6.45) is 8.82. The average molecular weight is 488 g/mol. The maximum Gasteiger partial charge on any atom is 0.315 e. The molecule has 0 bridgehead atoms. The number of rotatable bonds is 5. The van der Waals surface area contributed by atoms with Crippen molar-refractivity contribution in [3.63, 3.8) is 0 Å². The highest BCUT2D eigenvalue weighted by Crippen LogP contribution is 2.32. The first kappa shape index (κ1) is 23.6. The molecule has 1 amide bonds. The van der Waals surface area contributed by atoms with Gasteiger partial charge in [0.1, 0.15) is 6.33 Å². The summed E-state index contributed by atoms with van der Waals surface area (Å²) in [7, 11) is 1.85. The lowest BCUT2D eigenvalue weighted by Crippen LogP contribution is -2.29. The lowest BCUT2D eigenvalue weighted by atomic mass is 9.96. The fourth-order valence-electron chi connectivity index (χ4n) is 4.22. The molecule has 1 aromatic carbocycles. The molecule has 1 aliphatic carbocycles. The van der Waals surface area contributed by atoms with Crippen LogP contribution in [0.1, 0.15) is 73.7 Å². The van der Waals surface area contributed by atoms with Crippen LogP contribution in [0.3, 0.4) is 0 Å². The second-order valence-corrected chi connectivity index (χ2v) is 10.0. The molecule has 4 aromatic rings. The van der Waals surface area contributed by atoms with E-state index in [4.69, 9.17) is 4.52 Å². The van der Waals surface area contributed by atoms with E-state index in [1.165, 1.54) is 11.9 Å². The van der Waals surface area contributed by atoms with Crippen LogP contribution >= 0.6 is 0 Å². The van der Waals surface area contributed by atoms with Crippen LogP contribution in [0.5, 0.6) is 0 Å². The van der Waals surface area contributed by atoms with E-state index in [0.717, 1.165) is 42.5 Å². The molecule has 2 N–H and O–H groups in total. The maximum atomic E-state index is 12.9. The Morgan fingerprint density at radius 3 is 2.78 bits per heavy atom. The Morgan fingerprint density at radius 1 is 1.17 bits per heavy atom.